The molecule has 0 spiro atoms. The van der Waals surface area contributed by atoms with Crippen LogP contribution in [0.5, 0.6) is 0 Å². The van der Waals surface area contributed by atoms with E-state index < -0.39 is 5.91 Å². The number of carbonyl (C=O) groups is 1. The number of amides is 1. The van der Waals surface area contributed by atoms with Gasteiger partial charge in [-0.3, -0.25) is 4.79 Å². The minimum absolute atomic E-state index is 0.00754. The van der Waals surface area contributed by atoms with Crippen molar-refractivity contribution >= 4 is 11.7 Å². The molecule has 0 aliphatic heterocycles. The highest BCUT2D eigenvalue weighted by atomic mass is 19.1. The smallest absolute Gasteiger partial charge is 0.291 e. The first-order chi connectivity index (χ1) is 10.1. The summed E-state index contributed by atoms with van der Waals surface area (Å²) in [4.78, 5) is 20.1. The first kappa shape index (κ1) is 13.2. The molecule has 7 heteroatoms. The van der Waals surface area contributed by atoms with Crippen LogP contribution in [-0.4, -0.2) is 25.5 Å². The van der Waals surface area contributed by atoms with E-state index in [2.05, 4.69) is 20.4 Å². The van der Waals surface area contributed by atoms with Crippen LogP contribution >= 0.6 is 0 Å². The van der Waals surface area contributed by atoms with E-state index >= 15 is 0 Å². The van der Waals surface area contributed by atoms with Crippen LogP contribution in [0.4, 0.5) is 4.39 Å². The second kappa shape index (κ2) is 5.28. The highest BCUT2D eigenvalue weighted by Gasteiger charge is 2.14. The lowest BCUT2D eigenvalue weighted by Crippen LogP contribution is -2.24. The molecule has 0 saturated heterocycles. The second-order valence-electron chi connectivity index (χ2n) is 4.51. The average molecular weight is 285 g/mol. The number of carbonyl (C=O) groups excluding carboxylic acids is 1. The summed E-state index contributed by atoms with van der Waals surface area (Å²) < 4.78 is 15.0. The zero-order valence-electron chi connectivity index (χ0n) is 11.2. The number of aryl methyl sites for hydroxylation is 1. The van der Waals surface area contributed by atoms with E-state index in [1.54, 1.807) is 30.5 Å². The van der Waals surface area contributed by atoms with Gasteiger partial charge in [-0.2, -0.15) is 4.98 Å². The third kappa shape index (κ3) is 2.58. The summed E-state index contributed by atoms with van der Waals surface area (Å²) >= 11 is 0. The van der Waals surface area contributed by atoms with Gasteiger partial charge >= 0.3 is 0 Å². The molecular formula is C14H12FN5O. The van der Waals surface area contributed by atoms with Gasteiger partial charge < -0.3 is 5.32 Å². The standard InChI is InChI=1S/C14H12FN5O/c1-9-6-7-16-14-18-12(19-20(9)14)13(21)17-8-10-4-2-3-5-11(10)15/h2-7H,8H2,1H3,(H,17,21). The molecular weight excluding hydrogens is 273 g/mol. The van der Waals surface area contributed by atoms with Gasteiger partial charge in [0.25, 0.3) is 11.7 Å². The molecule has 0 fully saturated rings. The van der Waals surface area contributed by atoms with E-state index in [0.717, 1.165) is 5.69 Å². The molecule has 0 radical (unpaired) electrons. The largest absolute Gasteiger partial charge is 0.345 e. The summed E-state index contributed by atoms with van der Waals surface area (Å²) in [5.74, 6) is -0.472. The van der Waals surface area contributed by atoms with Gasteiger partial charge in [-0.05, 0) is 19.1 Å². The fraction of sp³-hybridized carbons (Fsp3) is 0.143. The molecule has 2 aromatic heterocycles. The van der Waals surface area contributed by atoms with Crippen LogP contribution in [-0.2, 0) is 6.54 Å². The predicted molar refractivity (Wildman–Crippen MR) is 73.1 cm³/mol. The Morgan fingerprint density at radius 3 is 2.90 bits per heavy atom. The van der Waals surface area contributed by atoms with Gasteiger partial charge in [-0.1, -0.05) is 18.2 Å². The summed E-state index contributed by atoms with van der Waals surface area (Å²) in [6.07, 6.45) is 1.60. The molecule has 1 amide bonds. The van der Waals surface area contributed by atoms with Crippen molar-refractivity contribution in [3.8, 4) is 0 Å². The van der Waals surface area contributed by atoms with E-state index in [4.69, 9.17) is 0 Å². The van der Waals surface area contributed by atoms with Crippen LogP contribution in [0, 0.1) is 12.7 Å². The number of aromatic nitrogens is 4. The van der Waals surface area contributed by atoms with Crippen LogP contribution < -0.4 is 5.32 Å². The van der Waals surface area contributed by atoms with Crippen LogP contribution in [0.1, 0.15) is 21.9 Å². The first-order valence-electron chi connectivity index (χ1n) is 6.35. The number of halogens is 1. The lowest BCUT2D eigenvalue weighted by molar-refractivity contribution is 0.0940. The molecule has 0 aliphatic rings. The monoisotopic (exact) mass is 285 g/mol. The van der Waals surface area contributed by atoms with Crippen LogP contribution in [0.3, 0.4) is 0 Å². The van der Waals surface area contributed by atoms with E-state index in [-0.39, 0.29) is 18.2 Å². The normalized spacial score (nSPS) is 10.8. The van der Waals surface area contributed by atoms with Gasteiger partial charge in [0, 0.05) is 24.0 Å². The molecule has 0 aliphatic carbocycles. The highest BCUT2D eigenvalue weighted by Crippen LogP contribution is 2.06. The molecule has 1 aromatic carbocycles. The van der Waals surface area contributed by atoms with Crippen LogP contribution in [0.15, 0.2) is 36.5 Å². The fourth-order valence-electron chi connectivity index (χ4n) is 1.90. The zero-order valence-corrected chi connectivity index (χ0v) is 11.2. The number of rotatable bonds is 3. The molecule has 21 heavy (non-hydrogen) atoms. The van der Waals surface area contributed by atoms with E-state index in [9.17, 15) is 9.18 Å². The first-order valence-corrected chi connectivity index (χ1v) is 6.35. The third-order valence-electron chi connectivity index (χ3n) is 3.03. The third-order valence-corrected chi connectivity index (χ3v) is 3.03. The molecule has 0 unspecified atom stereocenters. The second-order valence-corrected chi connectivity index (χ2v) is 4.51. The molecule has 6 nitrogen and oxygen atoms in total. The number of benzene rings is 1. The molecule has 106 valence electrons. The summed E-state index contributed by atoms with van der Waals surface area (Å²) in [6, 6.07) is 8.03. The molecule has 3 rings (SSSR count). The van der Waals surface area contributed by atoms with Crippen molar-refractivity contribution in [1.29, 1.82) is 0 Å². The van der Waals surface area contributed by atoms with Crippen LogP contribution in [0.25, 0.3) is 5.78 Å². The minimum atomic E-state index is -0.469. The van der Waals surface area contributed by atoms with E-state index in [1.807, 2.05) is 6.92 Å². The Bertz CT molecular complexity index is 814. The van der Waals surface area contributed by atoms with Gasteiger partial charge in [-0.25, -0.2) is 13.9 Å². The van der Waals surface area contributed by atoms with Crippen molar-refractivity contribution in [2.75, 3.05) is 0 Å². The van der Waals surface area contributed by atoms with E-state index in [1.165, 1.54) is 10.6 Å². The summed E-state index contributed by atoms with van der Waals surface area (Å²) in [7, 11) is 0. The Balaban J connectivity index is 1.78. The molecule has 0 atom stereocenters. The highest BCUT2D eigenvalue weighted by molar-refractivity contribution is 5.90. The van der Waals surface area contributed by atoms with Crippen molar-refractivity contribution in [3.63, 3.8) is 0 Å². The number of nitrogens with zero attached hydrogens (tertiary/aromatic N) is 4. The van der Waals surface area contributed by atoms with Crippen LogP contribution in [0.2, 0.25) is 0 Å². The SMILES string of the molecule is Cc1ccnc2nc(C(=O)NCc3ccccc3F)nn12. The minimum Gasteiger partial charge on any atom is -0.345 e. The maximum absolute atomic E-state index is 13.5. The zero-order chi connectivity index (χ0) is 14.8. The Hall–Kier alpha value is -2.83. The van der Waals surface area contributed by atoms with Gasteiger partial charge in [0.05, 0.1) is 0 Å². The van der Waals surface area contributed by atoms with E-state index in [0.29, 0.717) is 11.3 Å². The van der Waals surface area contributed by atoms with Crippen molar-refractivity contribution in [2.24, 2.45) is 0 Å². The number of hydrogen-bond donors (Lipinski definition) is 1. The number of hydrogen-bond acceptors (Lipinski definition) is 4. The van der Waals surface area contributed by atoms with Gasteiger partial charge in [0.2, 0.25) is 5.82 Å². The molecule has 0 saturated carbocycles. The number of nitrogens with one attached hydrogen (secondary N) is 1. The fourth-order valence-corrected chi connectivity index (χ4v) is 1.90. The molecule has 1 N–H and O–H groups in total. The van der Waals surface area contributed by atoms with Gasteiger partial charge in [0.15, 0.2) is 0 Å². The lowest BCUT2D eigenvalue weighted by Gasteiger charge is -2.03. The molecule has 3 aromatic rings. The maximum atomic E-state index is 13.5. The topological polar surface area (TPSA) is 72.2 Å². The summed E-state index contributed by atoms with van der Waals surface area (Å²) in [6.45, 7) is 1.91. The Kier molecular flexibility index (Phi) is 3.31. The van der Waals surface area contributed by atoms with Crippen molar-refractivity contribution in [1.82, 2.24) is 24.9 Å². The Morgan fingerprint density at radius 2 is 2.14 bits per heavy atom. The van der Waals surface area contributed by atoms with Crippen molar-refractivity contribution < 1.29 is 9.18 Å². The Labute approximate surface area is 119 Å². The van der Waals surface area contributed by atoms with Crippen molar-refractivity contribution in [2.45, 2.75) is 13.5 Å². The average Bonchev–Trinajstić information content (AvgIpc) is 2.92. The molecule has 2 heterocycles. The summed E-state index contributed by atoms with van der Waals surface area (Å²) in [5, 5.41) is 6.68. The van der Waals surface area contributed by atoms with Gasteiger partial charge in [0.1, 0.15) is 5.82 Å². The quantitative estimate of drug-likeness (QED) is 0.791. The summed E-state index contributed by atoms with van der Waals surface area (Å²) in [5.41, 5.74) is 1.23. The van der Waals surface area contributed by atoms with Crippen molar-refractivity contribution in [3.05, 3.63) is 59.4 Å². The number of fused-ring (bicyclic) bond motifs is 1. The predicted octanol–water partition coefficient (Wildman–Crippen LogP) is 1.50. The Morgan fingerprint density at radius 1 is 1.33 bits per heavy atom. The van der Waals surface area contributed by atoms with Gasteiger partial charge in [-0.15, -0.1) is 5.10 Å². The molecule has 0 bridgehead atoms. The lowest BCUT2D eigenvalue weighted by atomic mass is 10.2. The maximum Gasteiger partial charge on any atom is 0.291 e.